The number of hydrogen-bond donors (Lipinski definition) is 0. The monoisotopic (exact) mass is 274 g/mol. The lowest BCUT2D eigenvalue weighted by atomic mass is 10.1. The van der Waals surface area contributed by atoms with E-state index in [1.165, 1.54) is 6.07 Å². The van der Waals surface area contributed by atoms with Crippen molar-refractivity contribution in [2.75, 3.05) is 11.5 Å². The summed E-state index contributed by atoms with van der Waals surface area (Å²) in [5, 5.41) is 0.428. The first-order valence-corrected chi connectivity index (χ1v) is 7.49. The first-order chi connectivity index (χ1) is 7.80. The van der Waals surface area contributed by atoms with Crippen molar-refractivity contribution in [1.29, 1.82) is 0 Å². The zero-order valence-corrected chi connectivity index (χ0v) is 11.4. The van der Waals surface area contributed by atoms with Gasteiger partial charge in [0.05, 0.1) is 5.75 Å². The Morgan fingerprint density at radius 1 is 1.35 bits per heavy atom. The molecule has 0 atom stereocenters. The van der Waals surface area contributed by atoms with Gasteiger partial charge < -0.3 is 0 Å². The Morgan fingerprint density at radius 3 is 2.53 bits per heavy atom. The summed E-state index contributed by atoms with van der Waals surface area (Å²) < 4.78 is 23.3. The van der Waals surface area contributed by atoms with Crippen LogP contribution in [0.3, 0.4) is 0 Å². The molecule has 0 aliphatic heterocycles. The van der Waals surface area contributed by atoms with Gasteiger partial charge in [0, 0.05) is 10.6 Å². The standard InChI is InChI=1S/C12H15ClO3S/c1-9(2)7-17(15,16)8-12(14)10-4-3-5-11(13)6-10/h3-6,9H,7-8H2,1-2H3. The van der Waals surface area contributed by atoms with E-state index in [1.807, 2.05) is 0 Å². The highest BCUT2D eigenvalue weighted by molar-refractivity contribution is 7.92. The predicted molar refractivity (Wildman–Crippen MR) is 69.3 cm³/mol. The van der Waals surface area contributed by atoms with Crippen LogP contribution in [-0.2, 0) is 9.84 Å². The van der Waals surface area contributed by atoms with Gasteiger partial charge in [0.15, 0.2) is 15.6 Å². The second-order valence-electron chi connectivity index (χ2n) is 4.38. The Balaban J connectivity index is 2.80. The van der Waals surface area contributed by atoms with Crippen molar-refractivity contribution >= 4 is 27.2 Å². The number of benzene rings is 1. The molecule has 0 spiro atoms. The van der Waals surface area contributed by atoms with Crippen LogP contribution in [0.25, 0.3) is 0 Å². The van der Waals surface area contributed by atoms with E-state index in [4.69, 9.17) is 11.6 Å². The molecule has 0 radical (unpaired) electrons. The number of Topliss-reactive ketones (excluding diaryl/α,β-unsaturated/α-hetero) is 1. The van der Waals surface area contributed by atoms with Crippen molar-refractivity contribution in [3.8, 4) is 0 Å². The molecular formula is C12H15ClO3S. The van der Waals surface area contributed by atoms with Gasteiger partial charge in [-0.3, -0.25) is 4.79 Å². The molecule has 3 nitrogen and oxygen atoms in total. The lowest BCUT2D eigenvalue weighted by Gasteiger charge is -2.06. The van der Waals surface area contributed by atoms with Crippen molar-refractivity contribution in [1.82, 2.24) is 0 Å². The Labute approximate surface area is 107 Å². The van der Waals surface area contributed by atoms with E-state index >= 15 is 0 Å². The van der Waals surface area contributed by atoms with Gasteiger partial charge in [0.25, 0.3) is 0 Å². The maximum absolute atomic E-state index is 11.8. The topological polar surface area (TPSA) is 51.2 Å². The second kappa shape index (κ2) is 5.65. The number of halogens is 1. The maximum atomic E-state index is 11.8. The molecule has 94 valence electrons. The quantitative estimate of drug-likeness (QED) is 0.776. The summed E-state index contributed by atoms with van der Waals surface area (Å²) in [6.45, 7) is 3.61. The van der Waals surface area contributed by atoms with Crippen LogP contribution >= 0.6 is 11.6 Å². The van der Waals surface area contributed by atoms with E-state index < -0.39 is 21.4 Å². The highest BCUT2D eigenvalue weighted by Gasteiger charge is 2.19. The molecule has 1 aromatic rings. The summed E-state index contributed by atoms with van der Waals surface area (Å²) in [6.07, 6.45) is 0. The fraction of sp³-hybridized carbons (Fsp3) is 0.417. The number of sulfone groups is 1. The van der Waals surface area contributed by atoms with Crippen molar-refractivity contribution < 1.29 is 13.2 Å². The molecule has 0 saturated carbocycles. The Kier molecular flexibility index (Phi) is 4.71. The molecule has 1 aromatic carbocycles. The van der Waals surface area contributed by atoms with Gasteiger partial charge >= 0.3 is 0 Å². The number of rotatable bonds is 5. The summed E-state index contributed by atoms with van der Waals surface area (Å²) in [5.74, 6) is -0.814. The third-order valence-corrected chi connectivity index (χ3v) is 4.20. The molecule has 0 heterocycles. The largest absolute Gasteiger partial charge is 0.293 e. The van der Waals surface area contributed by atoms with Crippen LogP contribution in [0.4, 0.5) is 0 Å². The van der Waals surface area contributed by atoms with Crippen LogP contribution in [0.1, 0.15) is 24.2 Å². The number of ketones is 1. The van der Waals surface area contributed by atoms with Crippen LogP contribution in [-0.4, -0.2) is 25.7 Å². The molecule has 5 heteroatoms. The smallest absolute Gasteiger partial charge is 0.177 e. The minimum absolute atomic E-state index is 0.0205. The van der Waals surface area contributed by atoms with Gasteiger partial charge in [-0.25, -0.2) is 8.42 Å². The van der Waals surface area contributed by atoms with Crippen molar-refractivity contribution in [2.24, 2.45) is 5.92 Å². The molecule has 0 aromatic heterocycles. The Hall–Kier alpha value is -0.870. The number of carbonyl (C=O) groups is 1. The van der Waals surface area contributed by atoms with Gasteiger partial charge in [-0.05, 0) is 18.1 Å². The van der Waals surface area contributed by atoms with Crippen molar-refractivity contribution in [2.45, 2.75) is 13.8 Å². The van der Waals surface area contributed by atoms with Gasteiger partial charge in [0.1, 0.15) is 5.75 Å². The fourth-order valence-electron chi connectivity index (χ4n) is 1.51. The van der Waals surface area contributed by atoms with Gasteiger partial charge in [-0.2, -0.15) is 0 Å². The fourth-order valence-corrected chi connectivity index (χ4v) is 3.40. The first kappa shape index (κ1) is 14.2. The normalized spacial score (nSPS) is 11.8. The SMILES string of the molecule is CC(C)CS(=O)(=O)CC(=O)c1cccc(Cl)c1. The minimum Gasteiger partial charge on any atom is -0.293 e. The van der Waals surface area contributed by atoms with Gasteiger partial charge in [0.2, 0.25) is 0 Å². The zero-order chi connectivity index (χ0) is 13.1. The highest BCUT2D eigenvalue weighted by atomic mass is 35.5. The van der Waals surface area contributed by atoms with E-state index in [1.54, 1.807) is 32.0 Å². The van der Waals surface area contributed by atoms with E-state index in [2.05, 4.69) is 0 Å². The first-order valence-electron chi connectivity index (χ1n) is 5.29. The molecular weight excluding hydrogens is 260 g/mol. The van der Waals surface area contributed by atoms with Crippen molar-refractivity contribution in [3.05, 3.63) is 34.9 Å². The summed E-state index contributed by atoms with van der Waals surface area (Å²) in [7, 11) is -3.33. The minimum atomic E-state index is -3.33. The molecule has 0 fully saturated rings. The Morgan fingerprint density at radius 2 is 2.00 bits per heavy atom. The zero-order valence-electron chi connectivity index (χ0n) is 9.81. The summed E-state index contributed by atoms with van der Waals surface area (Å²) >= 11 is 5.74. The molecule has 17 heavy (non-hydrogen) atoms. The third kappa shape index (κ3) is 4.88. The number of hydrogen-bond acceptors (Lipinski definition) is 3. The van der Waals surface area contributed by atoms with Crippen LogP contribution in [0.2, 0.25) is 5.02 Å². The van der Waals surface area contributed by atoms with Crippen molar-refractivity contribution in [3.63, 3.8) is 0 Å². The molecule has 0 aliphatic rings. The number of carbonyl (C=O) groups excluding carboxylic acids is 1. The molecule has 1 rings (SSSR count). The van der Waals surface area contributed by atoms with Crippen LogP contribution in [0.5, 0.6) is 0 Å². The van der Waals surface area contributed by atoms with Gasteiger partial charge in [-0.1, -0.05) is 37.6 Å². The lowest BCUT2D eigenvalue weighted by Crippen LogP contribution is -2.21. The van der Waals surface area contributed by atoms with E-state index in [0.29, 0.717) is 10.6 Å². The maximum Gasteiger partial charge on any atom is 0.177 e. The lowest BCUT2D eigenvalue weighted by molar-refractivity contribution is 0.102. The van der Waals surface area contributed by atoms with Crippen LogP contribution in [0, 0.1) is 5.92 Å². The van der Waals surface area contributed by atoms with E-state index in [9.17, 15) is 13.2 Å². The summed E-state index contributed by atoms with van der Waals surface area (Å²) in [4.78, 5) is 11.8. The van der Waals surface area contributed by atoms with Crippen LogP contribution in [0.15, 0.2) is 24.3 Å². The van der Waals surface area contributed by atoms with E-state index in [-0.39, 0.29) is 11.7 Å². The predicted octanol–water partition coefficient (Wildman–Crippen LogP) is 2.59. The van der Waals surface area contributed by atoms with Gasteiger partial charge in [-0.15, -0.1) is 0 Å². The molecule has 0 bridgehead atoms. The summed E-state index contributed by atoms with van der Waals surface area (Å²) in [6, 6.07) is 6.32. The highest BCUT2D eigenvalue weighted by Crippen LogP contribution is 2.12. The molecule has 0 N–H and O–H groups in total. The molecule has 0 amide bonds. The molecule has 0 aliphatic carbocycles. The average Bonchev–Trinajstić information content (AvgIpc) is 2.14. The molecule has 0 unspecified atom stereocenters. The summed E-state index contributed by atoms with van der Waals surface area (Å²) in [5.41, 5.74) is 0.338. The second-order valence-corrected chi connectivity index (χ2v) is 6.93. The van der Waals surface area contributed by atoms with E-state index in [0.717, 1.165) is 0 Å². The van der Waals surface area contributed by atoms with Crippen LogP contribution < -0.4 is 0 Å². The third-order valence-electron chi connectivity index (χ3n) is 2.08. The molecule has 0 saturated heterocycles. The average molecular weight is 275 g/mol. The Bertz CT molecular complexity index is 506.